The average Bonchev–Trinajstić information content (AvgIpc) is 3.17. The van der Waals surface area contributed by atoms with Crippen molar-refractivity contribution in [2.75, 3.05) is 51.4 Å². The molecule has 0 saturated carbocycles. The number of sulfonamides is 1. The average molecular weight is 420 g/mol. The van der Waals surface area contributed by atoms with E-state index in [1.54, 1.807) is 12.1 Å². The van der Waals surface area contributed by atoms with E-state index in [0.29, 0.717) is 57.5 Å². The molecule has 2 heterocycles. The first kappa shape index (κ1) is 21.3. The van der Waals surface area contributed by atoms with E-state index in [1.807, 2.05) is 13.0 Å². The predicted molar refractivity (Wildman–Crippen MR) is 106 cm³/mol. The molecular formula is C19H24N4O5S. The van der Waals surface area contributed by atoms with Crippen molar-refractivity contribution < 1.29 is 22.3 Å². The van der Waals surface area contributed by atoms with Crippen LogP contribution in [0.25, 0.3) is 11.5 Å². The molecule has 0 bridgehead atoms. The lowest BCUT2D eigenvalue weighted by molar-refractivity contribution is 0.0730. The van der Waals surface area contributed by atoms with E-state index >= 15 is 0 Å². The van der Waals surface area contributed by atoms with Crippen LogP contribution in [0.3, 0.4) is 0 Å². The van der Waals surface area contributed by atoms with E-state index in [1.165, 1.54) is 16.4 Å². The Bertz CT molecular complexity index is 944. The number of morpholine rings is 1. The Labute approximate surface area is 170 Å². The predicted octanol–water partition coefficient (Wildman–Crippen LogP) is 2.07. The summed E-state index contributed by atoms with van der Waals surface area (Å²) in [4.78, 5) is 4.40. The molecule has 1 aromatic carbocycles. The number of nitrogens with zero attached hydrogens (tertiary/aromatic N) is 3. The molecule has 1 aromatic heterocycles. The van der Waals surface area contributed by atoms with Gasteiger partial charge in [-0.3, -0.25) is 0 Å². The van der Waals surface area contributed by atoms with Crippen LogP contribution in [0.15, 0.2) is 33.6 Å². The van der Waals surface area contributed by atoms with Crippen molar-refractivity contribution in [3.8, 4) is 17.5 Å². The van der Waals surface area contributed by atoms with E-state index in [4.69, 9.17) is 13.9 Å². The van der Waals surface area contributed by atoms with Gasteiger partial charge in [0.25, 0.3) is 0 Å². The SMILES string of the molecule is CCOCCCNc1oc(-c2ccc(S(=O)(=O)N3CCOCC3)cc2)nc1C#N. The lowest BCUT2D eigenvalue weighted by Gasteiger charge is -2.26. The topological polar surface area (TPSA) is 118 Å². The van der Waals surface area contributed by atoms with E-state index in [0.717, 1.165) is 6.42 Å². The molecule has 156 valence electrons. The minimum absolute atomic E-state index is 0.154. The summed E-state index contributed by atoms with van der Waals surface area (Å²) in [6.07, 6.45) is 0.767. The number of hydrogen-bond donors (Lipinski definition) is 1. The smallest absolute Gasteiger partial charge is 0.243 e. The number of nitrogens with one attached hydrogen (secondary N) is 1. The summed E-state index contributed by atoms with van der Waals surface area (Å²) in [5.41, 5.74) is 0.742. The largest absolute Gasteiger partial charge is 0.419 e. The van der Waals surface area contributed by atoms with Crippen LogP contribution in [-0.4, -0.2) is 63.8 Å². The van der Waals surface area contributed by atoms with Gasteiger partial charge >= 0.3 is 0 Å². The van der Waals surface area contributed by atoms with Crippen LogP contribution < -0.4 is 5.32 Å². The molecule has 0 radical (unpaired) electrons. The number of ether oxygens (including phenoxy) is 2. The minimum atomic E-state index is -3.56. The maximum Gasteiger partial charge on any atom is 0.243 e. The molecule has 9 nitrogen and oxygen atoms in total. The fourth-order valence-electron chi connectivity index (χ4n) is 2.87. The third-order valence-electron chi connectivity index (χ3n) is 4.40. The first-order valence-corrected chi connectivity index (χ1v) is 10.9. The second-order valence-electron chi connectivity index (χ2n) is 6.33. The van der Waals surface area contributed by atoms with E-state index < -0.39 is 10.0 Å². The van der Waals surface area contributed by atoms with Crippen molar-refractivity contribution in [2.45, 2.75) is 18.2 Å². The summed E-state index contributed by atoms with van der Waals surface area (Å²) in [5.74, 6) is 0.549. The van der Waals surface area contributed by atoms with Gasteiger partial charge in [0.1, 0.15) is 6.07 Å². The minimum Gasteiger partial charge on any atom is -0.419 e. The van der Waals surface area contributed by atoms with E-state index in [9.17, 15) is 13.7 Å². The molecule has 0 amide bonds. The Morgan fingerprint density at radius 1 is 1.28 bits per heavy atom. The van der Waals surface area contributed by atoms with Gasteiger partial charge in [-0.1, -0.05) is 0 Å². The third kappa shape index (κ3) is 5.13. The van der Waals surface area contributed by atoms with Crippen LogP contribution in [0.4, 0.5) is 5.88 Å². The van der Waals surface area contributed by atoms with Gasteiger partial charge in [0.05, 0.1) is 18.1 Å². The highest BCUT2D eigenvalue weighted by atomic mass is 32.2. The van der Waals surface area contributed by atoms with E-state index in [-0.39, 0.29) is 16.5 Å². The highest BCUT2D eigenvalue weighted by Gasteiger charge is 2.26. The Kier molecular flexibility index (Phi) is 7.22. The second kappa shape index (κ2) is 9.84. The Balaban J connectivity index is 1.72. The molecule has 0 spiro atoms. The second-order valence-corrected chi connectivity index (χ2v) is 8.26. The summed E-state index contributed by atoms with van der Waals surface area (Å²) in [5, 5.41) is 12.3. The van der Waals surface area contributed by atoms with Crippen molar-refractivity contribution in [3.05, 3.63) is 30.0 Å². The molecule has 0 atom stereocenters. The van der Waals surface area contributed by atoms with Gasteiger partial charge in [0.2, 0.25) is 27.5 Å². The van der Waals surface area contributed by atoms with Crippen molar-refractivity contribution in [1.29, 1.82) is 5.26 Å². The fourth-order valence-corrected chi connectivity index (χ4v) is 4.27. The maximum absolute atomic E-state index is 12.7. The molecule has 10 heteroatoms. The molecule has 1 saturated heterocycles. The van der Waals surface area contributed by atoms with Crippen molar-refractivity contribution in [2.24, 2.45) is 0 Å². The van der Waals surface area contributed by atoms with Crippen LogP contribution in [0.5, 0.6) is 0 Å². The van der Waals surface area contributed by atoms with Gasteiger partial charge < -0.3 is 19.2 Å². The summed E-state index contributed by atoms with van der Waals surface area (Å²) in [6, 6.07) is 8.29. The molecule has 1 aliphatic rings. The maximum atomic E-state index is 12.7. The normalized spacial score (nSPS) is 15.2. The molecule has 0 aliphatic carbocycles. The number of oxazole rings is 1. The van der Waals surface area contributed by atoms with Crippen molar-refractivity contribution in [1.82, 2.24) is 9.29 Å². The lowest BCUT2D eigenvalue weighted by atomic mass is 10.2. The zero-order chi connectivity index (χ0) is 20.7. The number of nitriles is 1. The Morgan fingerprint density at radius 2 is 2.00 bits per heavy atom. The third-order valence-corrected chi connectivity index (χ3v) is 6.31. The van der Waals surface area contributed by atoms with Crippen LogP contribution in [0.2, 0.25) is 0 Å². The van der Waals surface area contributed by atoms with Crippen molar-refractivity contribution >= 4 is 15.9 Å². The molecule has 3 rings (SSSR count). The number of benzene rings is 1. The lowest BCUT2D eigenvalue weighted by Crippen LogP contribution is -2.40. The first-order chi connectivity index (χ1) is 14.1. The highest BCUT2D eigenvalue weighted by Crippen LogP contribution is 2.27. The molecule has 0 unspecified atom stereocenters. The molecule has 1 fully saturated rings. The van der Waals surface area contributed by atoms with E-state index in [2.05, 4.69) is 10.3 Å². The molecule has 29 heavy (non-hydrogen) atoms. The quantitative estimate of drug-likeness (QED) is 0.613. The van der Waals surface area contributed by atoms with Gasteiger partial charge in [-0.15, -0.1) is 0 Å². The Hall–Kier alpha value is -2.45. The fraction of sp³-hybridized carbons (Fsp3) is 0.474. The standard InChI is InChI=1S/C19H24N4O5S/c1-2-26-11-3-8-21-19-17(14-20)22-18(28-19)15-4-6-16(7-5-15)29(24,25)23-9-12-27-13-10-23/h4-7,21H,2-3,8-13H2,1H3. The van der Waals surface area contributed by atoms with Gasteiger partial charge in [-0.05, 0) is 37.6 Å². The van der Waals surface area contributed by atoms with Crippen molar-refractivity contribution in [3.63, 3.8) is 0 Å². The summed E-state index contributed by atoms with van der Waals surface area (Å²) >= 11 is 0. The number of rotatable bonds is 9. The zero-order valence-corrected chi connectivity index (χ0v) is 17.1. The van der Waals surface area contributed by atoms with Gasteiger partial charge in [-0.2, -0.15) is 14.6 Å². The van der Waals surface area contributed by atoms with Gasteiger partial charge in [0.15, 0.2) is 0 Å². The van der Waals surface area contributed by atoms with Crippen LogP contribution in [0, 0.1) is 11.3 Å². The Morgan fingerprint density at radius 3 is 2.66 bits per heavy atom. The summed E-state index contributed by atoms with van der Waals surface area (Å²) < 4.78 is 43.0. The van der Waals surface area contributed by atoms with Gasteiger partial charge in [0, 0.05) is 38.4 Å². The van der Waals surface area contributed by atoms with Crippen LogP contribution in [-0.2, 0) is 19.5 Å². The highest BCUT2D eigenvalue weighted by molar-refractivity contribution is 7.89. The monoisotopic (exact) mass is 420 g/mol. The molecule has 1 aliphatic heterocycles. The summed E-state index contributed by atoms with van der Waals surface area (Å²) in [6.45, 7) is 5.26. The molecule has 1 N–H and O–H groups in total. The summed E-state index contributed by atoms with van der Waals surface area (Å²) in [7, 11) is -3.56. The number of hydrogen-bond acceptors (Lipinski definition) is 8. The number of aromatic nitrogens is 1. The first-order valence-electron chi connectivity index (χ1n) is 9.47. The zero-order valence-electron chi connectivity index (χ0n) is 16.3. The molecular weight excluding hydrogens is 396 g/mol. The molecule has 2 aromatic rings. The van der Waals surface area contributed by atoms with Crippen LogP contribution >= 0.6 is 0 Å². The number of anilines is 1. The van der Waals surface area contributed by atoms with Gasteiger partial charge in [-0.25, -0.2) is 8.42 Å². The van der Waals surface area contributed by atoms with Crippen LogP contribution in [0.1, 0.15) is 19.0 Å².